The van der Waals surface area contributed by atoms with E-state index in [-0.39, 0.29) is 17.5 Å². The fraction of sp³-hybridized carbons (Fsp3) is 0.429. The van der Waals surface area contributed by atoms with E-state index in [4.69, 9.17) is 14.2 Å². The quantitative estimate of drug-likeness (QED) is 0.807. The van der Waals surface area contributed by atoms with Gasteiger partial charge in [0.25, 0.3) is 0 Å². The molecule has 27 heavy (non-hydrogen) atoms. The number of phenolic OH excluding ortho intramolecular Hbond substituents is 2. The fourth-order valence-corrected chi connectivity index (χ4v) is 3.83. The summed E-state index contributed by atoms with van der Waals surface area (Å²) in [5.41, 5.74) is 3.32. The van der Waals surface area contributed by atoms with Crippen LogP contribution in [0.3, 0.4) is 0 Å². The number of hydrogen-bond donors (Lipinski definition) is 2. The average molecular weight is 375 g/mol. The Morgan fingerprint density at radius 3 is 2.41 bits per heavy atom. The van der Waals surface area contributed by atoms with Gasteiger partial charge in [-0.1, -0.05) is 0 Å². The van der Waals surface area contributed by atoms with Crippen LogP contribution in [0.5, 0.6) is 28.7 Å². The number of aromatic hydroxyl groups is 2. The van der Waals surface area contributed by atoms with Gasteiger partial charge in [-0.05, 0) is 67.3 Å². The zero-order valence-electron chi connectivity index (χ0n) is 16.3. The minimum Gasteiger partial charge on any atom is -0.504 e. The number of phenols is 2. The molecule has 0 fully saturated rings. The molecule has 146 valence electrons. The van der Waals surface area contributed by atoms with Crippen molar-refractivity contribution in [3.63, 3.8) is 0 Å². The summed E-state index contributed by atoms with van der Waals surface area (Å²) >= 11 is 0. The Balaban J connectivity index is 1.85. The van der Waals surface area contributed by atoms with E-state index in [1.165, 1.54) is 12.7 Å². The van der Waals surface area contributed by atoms with Crippen molar-refractivity contribution >= 4 is 0 Å². The molecular formula is C21H27NO5. The molecule has 0 saturated heterocycles. The molecule has 0 unspecified atom stereocenters. The molecule has 1 atom stereocenters. The molecule has 1 aliphatic heterocycles. The first kappa shape index (κ1) is 19.2. The minimum absolute atomic E-state index is 0.0756. The highest BCUT2D eigenvalue weighted by atomic mass is 16.5. The third-order valence-corrected chi connectivity index (χ3v) is 5.29. The molecule has 6 heteroatoms. The van der Waals surface area contributed by atoms with Crippen LogP contribution in [0.25, 0.3) is 0 Å². The Kier molecular flexibility index (Phi) is 5.65. The molecule has 0 aromatic heterocycles. The van der Waals surface area contributed by atoms with Crippen molar-refractivity contribution in [3.05, 3.63) is 41.0 Å². The molecule has 2 N–H and O–H groups in total. The highest BCUT2D eigenvalue weighted by Crippen LogP contribution is 2.41. The van der Waals surface area contributed by atoms with Crippen molar-refractivity contribution in [3.8, 4) is 28.7 Å². The van der Waals surface area contributed by atoms with E-state index in [1.54, 1.807) is 20.3 Å². The van der Waals surface area contributed by atoms with E-state index in [0.717, 1.165) is 36.9 Å². The van der Waals surface area contributed by atoms with Crippen molar-refractivity contribution in [1.82, 2.24) is 4.90 Å². The molecule has 6 nitrogen and oxygen atoms in total. The summed E-state index contributed by atoms with van der Waals surface area (Å²) in [4.78, 5) is 2.30. The Morgan fingerprint density at radius 1 is 1.00 bits per heavy atom. The SMILES string of the molecule is COc1cc2c(cc1O)[C@H]([14CH2]Cc1cc(O)c(OC)c(OC)c1)N(C)CC2. The zero-order chi connectivity index (χ0) is 19.6. The molecule has 3 rings (SSSR count). The van der Waals surface area contributed by atoms with Gasteiger partial charge in [0, 0.05) is 12.6 Å². The molecule has 1 aliphatic rings. The molecule has 0 radical (unpaired) electrons. The lowest BCUT2D eigenvalue weighted by atomic mass is 9.96. The summed E-state index contributed by atoms with van der Waals surface area (Å²) in [6.45, 7) is 0.947. The minimum atomic E-state index is 0.0756. The smallest absolute Gasteiger partial charge is 0.203 e. The van der Waals surface area contributed by atoms with Crippen LogP contribution >= 0.6 is 0 Å². The number of fused-ring (bicyclic) bond motifs is 1. The number of methoxy groups -OCH3 is 3. The van der Waals surface area contributed by atoms with E-state index in [2.05, 4.69) is 11.9 Å². The maximum absolute atomic E-state index is 10.2. The Hall–Kier alpha value is -2.60. The predicted molar refractivity (Wildman–Crippen MR) is 103 cm³/mol. The molecule has 0 spiro atoms. The monoisotopic (exact) mass is 375 g/mol. The lowest BCUT2D eigenvalue weighted by Crippen LogP contribution is -2.32. The normalized spacial score (nSPS) is 16.7. The zero-order valence-corrected chi connectivity index (χ0v) is 16.3. The standard InChI is InChI=1S/C21H27NO5/c1-22-8-7-14-11-19(25-2)17(23)12-15(14)16(22)6-5-13-9-18(24)21(27-4)20(10-13)26-3/h9-12,16,23-24H,5-8H2,1-4H3/t16-/m0/s1/i6+2. The van der Waals surface area contributed by atoms with Crippen LogP contribution in [0.1, 0.15) is 29.2 Å². The van der Waals surface area contributed by atoms with Crippen molar-refractivity contribution in [2.75, 3.05) is 34.9 Å². The number of aryl methyl sites for hydroxylation is 1. The van der Waals surface area contributed by atoms with E-state index < -0.39 is 0 Å². The second kappa shape index (κ2) is 7.96. The fourth-order valence-electron chi connectivity index (χ4n) is 3.83. The number of nitrogens with zero attached hydrogens (tertiary/aromatic N) is 1. The Bertz CT molecular complexity index is 821. The summed E-state index contributed by atoms with van der Waals surface area (Å²) < 4.78 is 15.8. The van der Waals surface area contributed by atoms with Crippen molar-refractivity contribution in [2.45, 2.75) is 25.3 Å². The van der Waals surface area contributed by atoms with Gasteiger partial charge in [0.15, 0.2) is 23.0 Å². The maximum atomic E-state index is 10.2. The van der Waals surface area contributed by atoms with Gasteiger partial charge in [-0.15, -0.1) is 0 Å². The van der Waals surface area contributed by atoms with Crippen LogP contribution in [-0.4, -0.2) is 50.0 Å². The molecule has 2 aromatic rings. The molecule has 0 aliphatic carbocycles. The molecular weight excluding hydrogens is 348 g/mol. The molecule has 1 heterocycles. The first-order valence-corrected chi connectivity index (χ1v) is 9.02. The summed E-state index contributed by atoms with van der Waals surface area (Å²) in [6, 6.07) is 7.55. The van der Waals surface area contributed by atoms with Crippen LogP contribution in [0.4, 0.5) is 0 Å². The third-order valence-electron chi connectivity index (χ3n) is 5.29. The van der Waals surface area contributed by atoms with Gasteiger partial charge in [-0.2, -0.15) is 0 Å². The summed E-state index contributed by atoms with van der Waals surface area (Å²) in [6.07, 6.45) is 2.54. The van der Waals surface area contributed by atoms with Gasteiger partial charge >= 0.3 is 0 Å². The van der Waals surface area contributed by atoms with E-state index in [9.17, 15) is 10.2 Å². The van der Waals surface area contributed by atoms with Gasteiger partial charge in [-0.25, -0.2) is 0 Å². The Morgan fingerprint density at radius 2 is 1.74 bits per heavy atom. The van der Waals surface area contributed by atoms with Gasteiger partial charge < -0.3 is 24.4 Å². The lowest BCUT2D eigenvalue weighted by Gasteiger charge is -2.35. The highest BCUT2D eigenvalue weighted by molar-refractivity contribution is 5.53. The van der Waals surface area contributed by atoms with Crippen LogP contribution in [0.15, 0.2) is 24.3 Å². The van der Waals surface area contributed by atoms with Crippen LogP contribution in [0.2, 0.25) is 0 Å². The van der Waals surface area contributed by atoms with Gasteiger partial charge in [0.2, 0.25) is 5.75 Å². The van der Waals surface area contributed by atoms with Crippen LogP contribution in [0, 0.1) is 0 Å². The van der Waals surface area contributed by atoms with Crippen LogP contribution < -0.4 is 14.2 Å². The van der Waals surface area contributed by atoms with Crippen molar-refractivity contribution < 1.29 is 24.4 Å². The number of likely N-dealkylation sites (N-methyl/N-ethyl adjacent to an activating group) is 1. The van der Waals surface area contributed by atoms with E-state index >= 15 is 0 Å². The number of ether oxygens (including phenoxy) is 3. The number of rotatable bonds is 6. The van der Waals surface area contributed by atoms with E-state index in [0.29, 0.717) is 17.2 Å². The van der Waals surface area contributed by atoms with Crippen LogP contribution in [-0.2, 0) is 12.8 Å². The molecule has 2 aromatic carbocycles. The number of hydrogen-bond acceptors (Lipinski definition) is 6. The summed E-state index contributed by atoms with van der Waals surface area (Å²) in [7, 11) is 6.73. The third kappa shape index (κ3) is 3.76. The highest BCUT2D eigenvalue weighted by Gasteiger charge is 2.26. The second-order valence-corrected chi connectivity index (χ2v) is 6.86. The van der Waals surface area contributed by atoms with Gasteiger partial charge in [-0.3, -0.25) is 4.90 Å². The first-order valence-electron chi connectivity index (χ1n) is 9.02. The Labute approximate surface area is 159 Å². The van der Waals surface area contributed by atoms with Gasteiger partial charge in [0.1, 0.15) is 0 Å². The second-order valence-electron chi connectivity index (χ2n) is 6.86. The molecule has 0 saturated carbocycles. The molecule has 0 amide bonds. The number of benzene rings is 2. The first-order chi connectivity index (χ1) is 13.0. The van der Waals surface area contributed by atoms with E-state index in [1.807, 2.05) is 18.2 Å². The molecule has 0 bridgehead atoms. The summed E-state index contributed by atoms with van der Waals surface area (Å²) in [5, 5.41) is 20.4. The lowest BCUT2D eigenvalue weighted by molar-refractivity contribution is 0.218. The average Bonchev–Trinajstić information content (AvgIpc) is 2.66. The predicted octanol–water partition coefficient (Wildman–Crippen LogP) is 3.29. The largest absolute Gasteiger partial charge is 0.504 e. The maximum Gasteiger partial charge on any atom is 0.203 e. The van der Waals surface area contributed by atoms with Crippen molar-refractivity contribution in [1.29, 1.82) is 0 Å². The van der Waals surface area contributed by atoms with Gasteiger partial charge in [0.05, 0.1) is 21.3 Å². The topological polar surface area (TPSA) is 71.4 Å². The summed E-state index contributed by atoms with van der Waals surface area (Å²) in [5.74, 6) is 1.62. The van der Waals surface area contributed by atoms with Crippen molar-refractivity contribution in [2.24, 2.45) is 0 Å².